The minimum atomic E-state index is -0.987. The van der Waals surface area contributed by atoms with Gasteiger partial charge in [-0.15, -0.1) is 0 Å². The van der Waals surface area contributed by atoms with Crippen molar-refractivity contribution in [1.29, 1.82) is 0 Å². The molecule has 150 valence electrons. The summed E-state index contributed by atoms with van der Waals surface area (Å²) in [7, 11) is 0. The number of hydrazine groups is 1. The Morgan fingerprint density at radius 1 is 1.24 bits per heavy atom. The first-order valence-corrected chi connectivity index (χ1v) is 9.90. The van der Waals surface area contributed by atoms with E-state index in [1.807, 2.05) is 12.1 Å². The standard InChI is InChI=1S/C22H25N5O2/c1-21(2,28)12-27-20-19(11-24-13-25-20)22(23,26-27)16-5-3-15-10-18(29-17-7-8-17)6-4-14(15)9-16/h3-6,9-11,13,17,26,28H,7-8,12,23H2,1-2H3. The summed E-state index contributed by atoms with van der Waals surface area (Å²) in [6.07, 6.45) is 5.88. The Balaban J connectivity index is 1.52. The van der Waals surface area contributed by atoms with Crippen LogP contribution in [0.4, 0.5) is 5.82 Å². The van der Waals surface area contributed by atoms with E-state index in [9.17, 15) is 5.11 Å². The van der Waals surface area contributed by atoms with E-state index < -0.39 is 11.3 Å². The van der Waals surface area contributed by atoms with Gasteiger partial charge in [0, 0.05) is 6.20 Å². The first-order chi connectivity index (χ1) is 13.8. The highest BCUT2D eigenvalue weighted by molar-refractivity contribution is 5.85. The quantitative estimate of drug-likeness (QED) is 0.615. The first kappa shape index (κ1) is 18.3. The van der Waals surface area contributed by atoms with Gasteiger partial charge in [-0.1, -0.05) is 18.2 Å². The van der Waals surface area contributed by atoms with Gasteiger partial charge < -0.3 is 15.6 Å². The zero-order chi connectivity index (χ0) is 20.2. The Hall–Kier alpha value is -2.74. The fourth-order valence-corrected chi connectivity index (χ4v) is 3.78. The van der Waals surface area contributed by atoms with E-state index in [1.165, 1.54) is 6.33 Å². The van der Waals surface area contributed by atoms with Gasteiger partial charge in [-0.2, -0.15) is 0 Å². The summed E-state index contributed by atoms with van der Waals surface area (Å²) in [6, 6.07) is 12.3. The van der Waals surface area contributed by atoms with Crippen LogP contribution >= 0.6 is 0 Å². The Bertz CT molecular complexity index is 1080. The Morgan fingerprint density at radius 2 is 2.00 bits per heavy atom. The number of hydrogen-bond donors (Lipinski definition) is 3. The van der Waals surface area contributed by atoms with Crippen LogP contribution in [0.3, 0.4) is 0 Å². The molecule has 0 amide bonds. The monoisotopic (exact) mass is 391 g/mol. The lowest BCUT2D eigenvalue weighted by Gasteiger charge is -2.31. The molecule has 4 N–H and O–H groups in total. The van der Waals surface area contributed by atoms with Crippen molar-refractivity contribution < 1.29 is 9.84 Å². The number of hydrogen-bond acceptors (Lipinski definition) is 7. The van der Waals surface area contributed by atoms with Crippen molar-refractivity contribution in [1.82, 2.24) is 15.4 Å². The average Bonchev–Trinajstić information content (AvgIpc) is 3.45. The molecular formula is C22H25N5O2. The van der Waals surface area contributed by atoms with Crippen LogP contribution in [0.2, 0.25) is 0 Å². The normalized spacial score (nSPS) is 21.4. The van der Waals surface area contributed by atoms with Gasteiger partial charge in [0.15, 0.2) is 5.82 Å². The summed E-state index contributed by atoms with van der Waals surface area (Å²) in [5.41, 5.74) is 9.97. The van der Waals surface area contributed by atoms with E-state index >= 15 is 0 Å². The predicted octanol–water partition coefficient (Wildman–Crippen LogP) is 2.43. The molecular weight excluding hydrogens is 366 g/mol. The van der Waals surface area contributed by atoms with Crippen molar-refractivity contribution in [2.45, 2.75) is 44.1 Å². The van der Waals surface area contributed by atoms with E-state index in [0.29, 0.717) is 18.5 Å². The minimum absolute atomic E-state index is 0.339. The average molecular weight is 391 g/mol. The molecule has 7 nitrogen and oxygen atoms in total. The molecule has 0 bridgehead atoms. The smallest absolute Gasteiger partial charge is 0.153 e. The molecule has 0 spiro atoms. The molecule has 1 aliphatic carbocycles. The molecule has 1 aromatic heterocycles. The number of rotatable bonds is 5. The second-order valence-corrected chi connectivity index (χ2v) is 8.62. The molecule has 7 heteroatoms. The van der Waals surface area contributed by atoms with E-state index in [2.05, 4.69) is 39.7 Å². The maximum atomic E-state index is 10.3. The van der Waals surface area contributed by atoms with E-state index in [4.69, 9.17) is 10.5 Å². The highest BCUT2D eigenvalue weighted by Gasteiger charge is 2.43. The van der Waals surface area contributed by atoms with Gasteiger partial charge in [0.25, 0.3) is 0 Å². The number of nitrogens with one attached hydrogen (secondary N) is 1. The molecule has 2 aromatic carbocycles. The molecule has 1 aliphatic heterocycles. The van der Waals surface area contributed by atoms with Gasteiger partial charge in [0.05, 0.1) is 23.8 Å². The van der Waals surface area contributed by atoms with Crippen LogP contribution in [0.1, 0.15) is 37.8 Å². The fourth-order valence-electron chi connectivity index (χ4n) is 3.78. The maximum absolute atomic E-state index is 10.3. The predicted molar refractivity (Wildman–Crippen MR) is 111 cm³/mol. The molecule has 1 fully saturated rings. The van der Waals surface area contributed by atoms with Gasteiger partial charge in [0.2, 0.25) is 0 Å². The number of benzene rings is 2. The summed E-state index contributed by atoms with van der Waals surface area (Å²) in [6.45, 7) is 3.85. The lowest BCUT2D eigenvalue weighted by Crippen LogP contribution is -2.55. The van der Waals surface area contributed by atoms with Crippen LogP contribution in [0, 0.1) is 0 Å². The number of β-amino-alcohol motifs (C(OH)–C–C–N with tert-alkyl or cyclic N) is 1. The van der Waals surface area contributed by atoms with E-state index in [-0.39, 0.29) is 0 Å². The third kappa shape index (κ3) is 3.42. The van der Waals surface area contributed by atoms with Crippen molar-refractivity contribution in [2.24, 2.45) is 5.73 Å². The number of anilines is 1. The molecule has 1 atom stereocenters. The molecule has 2 heterocycles. The minimum Gasteiger partial charge on any atom is -0.490 e. The van der Waals surface area contributed by atoms with Gasteiger partial charge >= 0.3 is 0 Å². The third-order valence-corrected chi connectivity index (χ3v) is 5.32. The summed E-state index contributed by atoms with van der Waals surface area (Å²) >= 11 is 0. The van der Waals surface area contributed by atoms with E-state index in [0.717, 1.165) is 40.5 Å². The molecule has 1 saturated carbocycles. The summed E-state index contributed by atoms with van der Waals surface area (Å²) in [5, 5.41) is 14.3. The van der Waals surface area contributed by atoms with Gasteiger partial charge in [-0.05, 0) is 61.2 Å². The molecule has 29 heavy (non-hydrogen) atoms. The van der Waals surface area contributed by atoms with Crippen molar-refractivity contribution in [3.8, 4) is 5.75 Å². The van der Waals surface area contributed by atoms with Crippen LogP contribution in [0.5, 0.6) is 5.75 Å². The van der Waals surface area contributed by atoms with Crippen LogP contribution in [0.15, 0.2) is 48.9 Å². The zero-order valence-electron chi connectivity index (χ0n) is 16.6. The molecule has 1 unspecified atom stereocenters. The van der Waals surface area contributed by atoms with Crippen molar-refractivity contribution in [3.63, 3.8) is 0 Å². The number of nitrogens with zero attached hydrogens (tertiary/aromatic N) is 3. The number of ether oxygens (including phenoxy) is 1. The van der Waals surface area contributed by atoms with Gasteiger partial charge in [-0.3, -0.25) is 5.01 Å². The first-order valence-electron chi connectivity index (χ1n) is 9.90. The summed E-state index contributed by atoms with van der Waals surface area (Å²) in [5.74, 6) is 1.59. The Kier molecular flexibility index (Phi) is 4.03. The van der Waals surface area contributed by atoms with Crippen LogP contribution in [-0.4, -0.2) is 33.3 Å². The number of aliphatic hydroxyl groups is 1. The molecule has 0 radical (unpaired) electrons. The molecule has 2 aliphatic rings. The number of aromatic nitrogens is 2. The second kappa shape index (κ2) is 6.38. The summed E-state index contributed by atoms with van der Waals surface area (Å²) in [4.78, 5) is 8.58. The number of fused-ring (bicyclic) bond motifs is 2. The van der Waals surface area contributed by atoms with Crippen LogP contribution < -0.4 is 20.9 Å². The largest absolute Gasteiger partial charge is 0.490 e. The Morgan fingerprint density at radius 3 is 2.76 bits per heavy atom. The topological polar surface area (TPSA) is 96.5 Å². The molecule has 5 rings (SSSR count). The van der Waals surface area contributed by atoms with Crippen molar-refractivity contribution in [2.75, 3.05) is 11.6 Å². The SMILES string of the molecule is CC(C)(O)CN1NC(N)(c2ccc3cc(OC4CC4)ccc3c2)c2cncnc21. The van der Waals surface area contributed by atoms with Crippen LogP contribution in [0.25, 0.3) is 10.8 Å². The lowest BCUT2D eigenvalue weighted by atomic mass is 9.93. The highest BCUT2D eigenvalue weighted by Crippen LogP contribution is 2.38. The highest BCUT2D eigenvalue weighted by atomic mass is 16.5. The Labute approximate surface area is 169 Å². The molecule has 3 aromatic rings. The third-order valence-electron chi connectivity index (χ3n) is 5.32. The van der Waals surface area contributed by atoms with E-state index in [1.54, 1.807) is 25.1 Å². The van der Waals surface area contributed by atoms with Crippen molar-refractivity contribution in [3.05, 3.63) is 60.0 Å². The van der Waals surface area contributed by atoms with Crippen molar-refractivity contribution >= 4 is 16.6 Å². The zero-order valence-corrected chi connectivity index (χ0v) is 16.6. The molecule has 0 saturated heterocycles. The second-order valence-electron chi connectivity index (χ2n) is 8.62. The fraction of sp³-hybridized carbons (Fsp3) is 0.364. The summed E-state index contributed by atoms with van der Waals surface area (Å²) < 4.78 is 5.91. The lowest BCUT2D eigenvalue weighted by molar-refractivity contribution is 0.0836. The maximum Gasteiger partial charge on any atom is 0.153 e. The van der Waals surface area contributed by atoms with Crippen LogP contribution in [-0.2, 0) is 5.66 Å². The van der Waals surface area contributed by atoms with Gasteiger partial charge in [0.1, 0.15) is 17.7 Å². The number of nitrogens with two attached hydrogens (primary N) is 1. The van der Waals surface area contributed by atoms with Gasteiger partial charge in [-0.25, -0.2) is 15.4 Å².